The van der Waals surface area contributed by atoms with E-state index in [2.05, 4.69) is 26.1 Å². The number of fused-ring (bicyclic) bond motifs is 1. The minimum Gasteiger partial charge on any atom is -0.506 e. The molecule has 1 aromatic carbocycles. The maximum Gasteiger partial charge on any atom is 0.279 e. The molecule has 0 aliphatic rings. The number of quaternary nitrogens is 1. The van der Waals surface area contributed by atoms with Gasteiger partial charge in [-0.1, -0.05) is 0 Å². The van der Waals surface area contributed by atoms with Crippen molar-refractivity contribution >= 4 is 16.6 Å². The number of aromatic hydroxyl groups is 1. The average molecular weight is 294 g/mol. The molecule has 0 amide bonds. The highest BCUT2D eigenvalue weighted by Crippen LogP contribution is 2.29. The Morgan fingerprint density at radius 1 is 1.29 bits per heavy atom. The number of aliphatic hydroxyl groups is 1. The van der Waals surface area contributed by atoms with Gasteiger partial charge in [-0.15, -0.1) is 0 Å². The molecule has 0 saturated carbocycles. The summed E-state index contributed by atoms with van der Waals surface area (Å²) in [6, 6.07) is 5.68. The number of nitro groups is 1. The molecule has 2 aromatic rings. The summed E-state index contributed by atoms with van der Waals surface area (Å²) < 4.78 is 0.844. The van der Waals surface area contributed by atoms with Gasteiger partial charge in [-0.25, -0.2) is 0 Å². The summed E-state index contributed by atoms with van der Waals surface area (Å²) in [5, 5.41) is 28.7. The zero-order valence-corrected chi connectivity index (χ0v) is 12.4. The van der Waals surface area contributed by atoms with E-state index in [0.29, 0.717) is 5.39 Å². The van der Waals surface area contributed by atoms with Crippen LogP contribution in [0.25, 0.3) is 10.9 Å². The summed E-state index contributed by atoms with van der Waals surface area (Å²) in [5.74, 6) is -0.0498. The van der Waals surface area contributed by atoms with E-state index >= 15 is 0 Å². The third-order valence-electron chi connectivity index (χ3n) is 2.69. The molecule has 2 N–H and O–H groups in total. The molecule has 0 aliphatic heterocycles. The number of aliphatic hydroxyl groups excluding tert-OH is 1. The molecule has 1 heterocycles. The smallest absolute Gasteiger partial charge is 0.279 e. The lowest BCUT2D eigenvalue weighted by Gasteiger charge is -2.21. The summed E-state index contributed by atoms with van der Waals surface area (Å²) in [7, 11) is 6.16. The predicted molar refractivity (Wildman–Crippen MR) is 80.0 cm³/mol. The number of phenolic OH excluding ortho intramolecular Hbond substituents is 1. The fourth-order valence-electron chi connectivity index (χ4n) is 1.60. The fraction of sp³-hybridized carbons (Fsp3) is 0.357. The van der Waals surface area contributed by atoms with Gasteiger partial charge < -0.3 is 14.7 Å². The van der Waals surface area contributed by atoms with Crippen molar-refractivity contribution in [3.63, 3.8) is 0 Å². The number of nitro benzene ring substituents is 1. The Bertz CT molecular complexity index is 623. The number of rotatable bonds is 3. The van der Waals surface area contributed by atoms with Crippen LogP contribution in [-0.2, 0) is 0 Å². The molecule has 7 heteroatoms. The molecule has 2 rings (SSSR count). The number of hydrogen-bond donors (Lipinski definition) is 2. The Kier molecular flexibility index (Phi) is 5.57. The molecule has 0 radical (unpaired) electrons. The van der Waals surface area contributed by atoms with E-state index in [1.807, 2.05) is 0 Å². The Balaban J connectivity index is 0.000000270. The monoisotopic (exact) mass is 294 g/mol. The maximum absolute atomic E-state index is 10.6. The molecule has 114 valence electrons. The van der Waals surface area contributed by atoms with Gasteiger partial charge in [0.2, 0.25) is 0 Å². The molecule has 1 aromatic heterocycles. The van der Waals surface area contributed by atoms with Crippen LogP contribution in [-0.4, -0.2) is 58.9 Å². The Morgan fingerprint density at radius 3 is 2.43 bits per heavy atom. The molecule has 0 aliphatic carbocycles. The molecule has 0 saturated heterocycles. The van der Waals surface area contributed by atoms with Crippen LogP contribution in [0.3, 0.4) is 0 Å². The number of likely N-dealkylation sites (N-methyl/N-ethyl adjacent to an activating group) is 1. The molecule has 0 unspecified atom stereocenters. The summed E-state index contributed by atoms with van der Waals surface area (Å²) in [5.41, 5.74) is 0.201. The minimum absolute atomic E-state index is 0.0498. The molecule has 7 nitrogen and oxygen atoms in total. The van der Waals surface area contributed by atoms with Crippen LogP contribution in [0.5, 0.6) is 5.75 Å². The van der Waals surface area contributed by atoms with Gasteiger partial charge in [-0.3, -0.25) is 15.1 Å². The van der Waals surface area contributed by atoms with Crippen LogP contribution in [0.2, 0.25) is 0 Å². The summed E-state index contributed by atoms with van der Waals surface area (Å²) in [4.78, 5) is 14.0. The quantitative estimate of drug-likeness (QED) is 0.508. The highest BCUT2D eigenvalue weighted by Gasteiger charge is 2.13. The van der Waals surface area contributed by atoms with Crippen LogP contribution >= 0.6 is 0 Å². The summed E-state index contributed by atoms with van der Waals surface area (Å²) in [6.07, 6.45) is 1.48. The van der Waals surface area contributed by atoms with E-state index < -0.39 is 4.92 Å². The van der Waals surface area contributed by atoms with Crippen molar-refractivity contribution in [3.8, 4) is 5.75 Å². The molecular formula is C14H20N3O4+. The second kappa shape index (κ2) is 6.96. The maximum atomic E-state index is 10.6. The van der Waals surface area contributed by atoms with Crippen molar-refractivity contribution in [3.05, 3.63) is 40.6 Å². The molecular weight excluding hydrogens is 274 g/mol. The number of phenols is 1. The van der Waals surface area contributed by atoms with Gasteiger partial charge >= 0.3 is 0 Å². The highest BCUT2D eigenvalue weighted by atomic mass is 16.6. The van der Waals surface area contributed by atoms with Gasteiger partial charge in [0.1, 0.15) is 17.8 Å². The predicted octanol–water partition coefficient (Wildman–Crippen LogP) is 1.53. The standard InChI is InChI=1S/C9H6N2O3.C5H14NO/c12-8-4-3-7(11(13)14)6-2-1-5-10-9(6)8;1-6(2,3)4-5-7/h1-5,12H;7H,4-5H2,1-3H3/q;+1. The lowest BCUT2D eigenvalue weighted by molar-refractivity contribution is -0.870. The van der Waals surface area contributed by atoms with Crippen molar-refractivity contribution in [1.29, 1.82) is 0 Å². The molecule has 0 atom stereocenters. The Labute approximate surface area is 122 Å². The van der Waals surface area contributed by atoms with Crippen LogP contribution in [0.4, 0.5) is 5.69 Å². The van der Waals surface area contributed by atoms with Crippen LogP contribution in [0.1, 0.15) is 0 Å². The minimum atomic E-state index is -0.497. The van der Waals surface area contributed by atoms with E-state index in [1.165, 1.54) is 18.3 Å². The van der Waals surface area contributed by atoms with Crippen molar-refractivity contribution < 1.29 is 19.6 Å². The summed E-state index contributed by atoms with van der Waals surface area (Å²) >= 11 is 0. The molecule has 0 spiro atoms. The third-order valence-corrected chi connectivity index (χ3v) is 2.69. The van der Waals surface area contributed by atoms with Gasteiger partial charge in [0.15, 0.2) is 0 Å². The fourth-order valence-corrected chi connectivity index (χ4v) is 1.60. The van der Waals surface area contributed by atoms with Gasteiger partial charge in [-0.05, 0) is 18.2 Å². The van der Waals surface area contributed by atoms with Gasteiger partial charge in [0.05, 0.1) is 38.1 Å². The van der Waals surface area contributed by atoms with E-state index in [4.69, 9.17) is 5.11 Å². The van der Waals surface area contributed by atoms with E-state index in [-0.39, 0.29) is 23.6 Å². The first-order chi connectivity index (χ1) is 9.76. The zero-order valence-electron chi connectivity index (χ0n) is 12.4. The normalized spacial score (nSPS) is 10.9. The number of aromatic nitrogens is 1. The number of nitrogens with zero attached hydrogens (tertiary/aromatic N) is 3. The van der Waals surface area contributed by atoms with Crippen molar-refractivity contribution in [2.75, 3.05) is 34.3 Å². The van der Waals surface area contributed by atoms with Crippen LogP contribution in [0.15, 0.2) is 30.5 Å². The van der Waals surface area contributed by atoms with Crippen molar-refractivity contribution in [1.82, 2.24) is 4.98 Å². The molecule has 21 heavy (non-hydrogen) atoms. The van der Waals surface area contributed by atoms with Crippen LogP contribution < -0.4 is 0 Å². The SMILES string of the molecule is C[N+](C)(C)CCO.O=[N+]([O-])c1ccc(O)c2ncccc12. The lowest BCUT2D eigenvalue weighted by atomic mass is 10.2. The Morgan fingerprint density at radius 2 is 1.95 bits per heavy atom. The zero-order chi connectivity index (χ0) is 16.0. The topological polar surface area (TPSA) is 96.5 Å². The molecule has 0 fully saturated rings. The van der Waals surface area contributed by atoms with Gasteiger partial charge in [-0.2, -0.15) is 0 Å². The highest BCUT2D eigenvalue weighted by molar-refractivity contribution is 5.91. The van der Waals surface area contributed by atoms with Crippen molar-refractivity contribution in [2.45, 2.75) is 0 Å². The molecule has 0 bridgehead atoms. The number of benzene rings is 1. The van der Waals surface area contributed by atoms with Gasteiger partial charge in [0, 0.05) is 12.3 Å². The van der Waals surface area contributed by atoms with E-state index in [1.54, 1.807) is 12.1 Å². The number of hydrogen-bond acceptors (Lipinski definition) is 5. The van der Waals surface area contributed by atoms with Crippen LogP contribution in [0, 0.1) is 10.1 Å². The van der Waals surface area contributed by atoms with Gasteiger partial charge in [0.25, 0.3) is 5.69 Å². The van der Waals surface area contributed by atoms with Crippen molar-refractivity contribution in [2.24, 2.45) is 0 Å². The first-order valence-electron chi connectivity index (χ1n) is 6.38. The number of pyridine rings is 1. The second-order valence-corrected chi connectivity index (χ2v) is 5.50. The Hall–Kier alpha value is -2.25. The average Bonchev–Trinajstić information content (AvgIpc) is 2.38. The summed E-state index contributed by atoms with van der Waals surface area (Å²) in [6.45, 7) is 1.11. The second-order valence-electron chi connectivity index (χ2n) is 5.50. The largest absolute Gasteiger partial charge is 0.506 e. The third kappa shape index (κ3) is 4.97. The first kappa shape index (κ1) is 16.8. The first-order valence-corrected chi connectivity index (χ1v) is 6.38. The van der Waals surface area contributed by atoms with E-state index in [0.717, 1.165) is 11.0 Å². The number of non-ortho nitro benzene ring substituents is 1. The lowest BCUT2D eigenvalue weighted by Crippen LogP contribution is -2.36. The van der Waals surface area contributed by atoms with E-state index in [9.17, 15) is 15.2 Å².